The highest BCUT2D eigenvalue weighted by Gasteiger charge is 2.63. The Morgan fingerprint density at radius 2 is 1.50 bits per heavy atom. The van der Waals surface area contributed by atoms with E-state index in [1.807, 2.05) is 72.7 Å². The van der Waals surface area contributed by atoms with Crippen LogP contribution in [0.25, 0.3) is 0 Å². The smallest absolute Gasteiger partial charge is 0.408 e. The van der Waals surface area contributed by atoms with Gasteiger partial charge in [0, 0.05) is 17.6 Å². The number of amides is 3. The molecule has 2 rings (SSSR count). The third kappa shape index (κ3) is 8.87. The van der Waals surface area contributed by atoms with Crippen LogP contribution in [-0.2, 0) is 20.7 Å². The molecule has 0 saturated carbocycles. The summed E-state index contributed by atoms with van der Waals surface area (Å²) in [6.07, 6.45) is 3.68. The molecule has 268 valence electrons. The van der Waals surface area contributed by atoms with Gasteiger partial charge in [-0.05, 0) is 93.1 Å². The van der Waals surface area contributed by atoms with Crippen LogP contribution in [0, 0.1) is 5.92 Å². The third-order valence-electron chi connectivity index (χ3n) is 10.1. The number of aryl methyl sites for hydroxylation is 1. The van der Waals surface area contributed by atoms with Gasteiger partial charge in [0.05, 0.1) is 22.5 Å². The largest absolute Gasteiger partial charge is 0.444 e. The molecule has 3 atom stereocenters. The van der Waals surface area contributed by atoms with E-state index in [-0.39, 0.29) is 29.8 Å². The van der Waals surface area contributed by atoms with Crippen molar-refractivity contribution in [3.8, 4) is 0 Å². The van der Waals surface area contributed by atoms with Gasteiger partial charge in [-0.3, -0.25) is 24.5 Å². The fraction of sp³-hybridized carbons (Fsp3) is 0.703. The van der Waals surface area contributed by atoms with Gasteiger partial charge in [0.2, 0.25) is 13.8 Å². The van der Waals surface area contributed by atoms with Crippen LogP contribution in [0.15, 0.2) is 24.3 Å². The summed E-state index contributed by atoms with van der Waals surface area (Å²) >= 11 is 0. The Labute approximate surface area is 289 Å². The predicted molar refractivity (Wildman–Crippen MR) is 193 cm³/mol. The maximum Gasteiger partial charge on any atom is 0.408 e. The number of alkyl carbamates (subject to hydrolysis) is 1. The average Bonchev–Trinajstić information content (AvgIpc) is 3.00. The summed E-state index contributed by atoms with van der Waals surface area (Å²) < 4.78 is 5.39. The normalized spacial score (nSPS) is 18.3. The number of nitrogens with one attached hydrogen (secondary N) is 3. The second kappa shape index (κ2) is 15.6. The summed E-state index contributed by atoms with van der Waals surface area (Å²) in [5.41, 5.74) is -3.14. The maximum absolute atomic E-state index is 14.9. The number of rotatable bonds is 17. The van der Waals surface area contributed by atoms with E-state index in [9.17, 15) is 24.0 Å². The monoisotopic (exact) mass is 668 g/mol. The summed E-state index contributed by atoms with van der Waals surface area (Å²) in [5, 5.41) is 9.15. The van der Waals surface area contributed by atoms with Crippen LogP contribution in [0.5, 0.6) is 0 Å². The van der Waals surface area contributed by atoms with Gasteiger partial charge < -0.3 is 20.3 Å². The van der Waals surface area contributed by atoms with Gasteiger partial charge in [0.1, 0.15) is 11.6 Å². The van der Waals surface area contributed by atoms with Crippen molar-refractivity contribution >= 4 is 37.2 Å². The van der Waals surface area contributed by atoms with Gasteiger partial charge in [0.25, 0.3) is 0 Å². The minimum atomic E-state index is -1.28. The lowest BCUT2D eigenvalue weighted by Crippen LogP contribution is -2.83. The van der Waals surface area contributed by atoms with Gasteiger partial charge in [-0.15, -0.1) is 0 Å². The molecule has 0 radical (unpaired) electrons. The highest BCUT2D eigenvalue weighted by Crippen LogP contribution is 2.43. The summed E-state index contributed by atoms with van der Waals surface area (Å²) in [7, 11) is 1.39. The number of hydrogen-bond donors (Lipinski definition) is 3. The molecule has 0 aromatic heterocycles. The molecule has 1 fully saturated rings. The number of ketones is 2. The summed E-state index contributed by atoms with van der Waals surface area (Å²) in [6, 6.07) is 6.91. The van der Waals surface area contributed by atoms with Gasteiger partial charge >= 0.3 is 6.09 Å². The number of ether oxygens (including phenoxy) is 1. The number of benzene rings is 1. The van der Waals surface area contributed by atoms with E-state index < -0.39 is 45.8 Å². The summed E-state index contributed by atoms with van der Waals surface area (Å²) in [5.74, 6) is -1.81. The first kappa shape index (κ1) is 41.0. The van der Waals surface area contributed by atoms with Crippen LogP contribution in [0.1, 0.15) is 131 Å². The number of carbonyl (C=O) groups is 5. The average molecular weight is 669 g/mol. The first-order valence-corrected chi connectivity index (χ1v) is 17.6. The van der Waals surface area contributed by atoms with Crippen LogP contribution in [0.3, 0.4) is 0 Å². The van der Waals surface area contributed by atoms with E-state index in [2.05, 4.69) is 22.9 Å². The van der Waals surface area contributed by atoms with Gasteiger partial charge in [0.15, 0.2) is 17.4 Å². The minimum Gasteiger partial charge on any atom is -0.444 e. The van der Waals surface area contributed by atoms with Crippen molar-refractivity contribution in [3.05, 3.63) is 35.4 Å². The van der Waals surface area contributed by atoms with Crippen molar-refractivity contribution in [2.24, 2.45) is 5.92 Å². The fourth-order valence-corrected chi connectivity index (χ4v) is 7.05. The van der Waals surface area contributed by atoms with Crippen molar-refractivity contribution < 1.29 is 28.7 Å². The predicted octanol–water partition coefficient (Wildman–Crippen LogP) is 5.35. The highest BCUT2D eigenvalue weighted by atomic mass is 16.6. The maximum atomic E-state index is 14.9. The van der Waals surface area contributed by atoms with E-state index in [0.717, 1.165) is 19.3 Å². The zero-order chi connectivity index (χ0) is 36.9. The zero-order valence-corrected chi connectivity index (χ0v) is 31.8. The van der Waals surface area contributed by atoms with Crippen molar-refractivity contribution in [3.63, 3.8) is 0 Å². The van der Waals surface area contributed by atoms with E-state index in [1.165, 1.54) is 13.4 Å². The molecule has 11 heteroatoms. The van der Waals surface area contributed by atoms with E-state index in [4.69, 9.17) is 4.74 Å². The SMILES string of the molecule is BC(=O)NC[C@@H](C(=O)C(C)(CC)N1C(=O)[C@H](NC(=O)OC(C)(C)C)C1(C)C)C(C)(C)NC(CC)(CC)C(=O)c1ccc(CCCC)cc1. The second-order valence-electron chi connectivity index (χ2n) is 15.7. The number of unbranched alkanes of at least 4 members (excludes halogenated alkanes) is 1. The van der Waals surface area contributed by atoms with Crippen LogP contribution in [0.4, 0.5) is 9.59 Å². The molecule has 10 nitrogen and oxygen atoms in total. The lowest BCUT2D eigenvalue weighted by molar-refractivity contribution is -0.180. The Morgan fingerprint density at radius 1 is 0.938 bits per heavy atom. The first-order valence-electron chi connectivity index (χ1n) is 17.6. The molecule has 1 aliphatic heterocycles. The molecule has 1 unspecified atom stereocenters. The highest BCUT2D eigenvalue weighted by molar-refractivity contribution is 6.57. The molecule has 48 heavy (non-hydrogen) atoms. The standard InChI is InChI=1S/C37H61BN4O6/c1-13-17-18-24-19-21-25(22-20-24)28(43)37(15-3,16-4)41-34(8,9)26(23-39-31(38)46)29(44)36(12,14-2)42-30(45)27(35(42,10)11)40-32(47)48-33(5,6)7/h19-22,26-27,41H,13-18,23,38H2,1-12H3,(H,39,46)(H,40,47)/t26-,27-,36?/m0/s1. The van der Waals surface area contributed by atoms with Crippen molar-refractivity contribution in [1.82, 2.24) is 20.9 Å². The third-order valence-corrected chi connectivity index (χ3v) is 10.1. The molecular weight excluding hydrogens is 607 g/mol. The lowest BCUT2D eigenvalue weighted by atomic mass is 9.68. The Balaban J connectivity index is 2.49. The Kier molecular flexibility index (Phi) is 13.3. The zero-order valence-electron chi connectivity index (χ0n) is 31.8. The van der Waals surface area contributed by atoms with Gasteiger partial charge in [-0.1, -0.05) is 58.4 Å². The molecule has 1 aromatic rings. The number of β-lactam (4-membered cyclic amide) rings is 1. The Morgan fingerprint density at radius 3 is 1.94 bits per heavy atom. The van der Waals surface area contributed by atoms with Crippen LogP contribution >= 0.6 is 0 Å². The van der Waals surface area contributed by atoms with Crippen LogP contribution in [0.2, 0.25) is 0 Å². The van der Waals surface area contributed by atoms with Crippen molar-refractivity contribution in [2.45, 2.75) is 155 Å². The Bertz CT molecular complexity index is 1330. The van der Waals surface area contributed by atoms with E-state index >= 15 is 0 Å². The number of nitrogens with zero attached hydrogens (tertiary/aromatic N) is 1. The Hall–Kier alpha value is -3.21. The topological polar surface area (TPSA) is 134 Å². The quantitative estimate of drug-likeness (QED) is 0.116. The lowest BCUT2D eigenvalue weighted by Gasteiger charge is -2.61. The molecule has 0 bridgehead atoms. The molecule has 0 aliphatic carbocycles. The molecular formula is C37H61BN4O6. The van der Waals surface area contributed by atoms with E-state index in [0.29, 0.717) is 24.8 Å². The fourth-order valence-electron chi connectivity index (χ4n) is 7.05. The van der Waals surface area contributed by atoms with Crippen LogP contribution < -0.4 is 16.0 Å². The molecule has 3 amide bonds. The number of Topliss-reactive ketones (excluding diaryl/α,β-unsaturated/α-hetero) is 2. The molecule has 3 N–H and O–H groups in total. The molecule has 1 aromatic carbocycles. The number of likely N-dealkylation sites (tertiary alicyclic amines) is 1. The number of hydrogen-bond acceptors (Lipinski definition) is 7. The van der Waals surface area contributed by atoms with E-state index in [1.54, 1.807) is 32.6 Å². The molecule has 1 aliphatic rings. The summed E-state index contributed by atoms with van der Waals surface area (Å²) in [4.78, 5) is 69.2. The molecule has 0 spiro atoms. The van der Waals surface area contributed by atoms with Crippen molar-refractivity contribution in [1.29, 1.82) is 0 Å². The van der Waals surface area contributed by atoms with Crippen molar-refractivity contribution in [2.75, 3.05) is 6.54 Å². The van der Waals surface area contributed by atoms with Gasteiger partial charge in [-0.2, -0.15) is 0 Å². The molecule has 1 saturated heterocycles. The van der Waals surface area contributed by atoms with Crippen LogP contribution in [-0.4, -0.2) is 82.5 Å². The second-order valence-corrected chi connectivity index (χ2v) is 15.7. The summed E-state index contributed by atoms with van der Waals surface area (Å²) in [6.45, 7) is 22.3. The molecule has 1 heterocycles. The number of carbonyl (C=O) groups excluding carboxylic acids is 5. The minimum absolute atomic E-state index is 0.00955. The van der Waals surface area contributed by atoms with Gasteiger partial charge in [-0.25, -0.2) is 4.79 Å². The first-order chi connectivity index (χ1) is 22.1.